The van der Waals surface area contributed by atoms with Crippen LogP contribution in [0.5, 0.6) is 0 Å². The number of rotatable bonds is 4. The topological polar surface area (TPSA) is 49.3 Å². The maximum Gasteiger partial charge on any atom is 0.192 e. The summed E-state index contributed by atoms with van der Waals surface area (Å²) in [7, 11) is 0. The molecule has 23 heavy (non-hydrogen) atoms. The fraction of sp³-hybridized carbons (Fsp3) is 0.412. The van der Waals surface area contributed by atoms with Gasteiger partial charge in [-0.25, -0.2) is 9.98 Å². The number of nitrogens with one attached hydrogen (secondary N) is 2. The van der Waals surface area contributed by atoms with Gasteiger partial charge in [0.05, 0.1) is 12.2 Å². The van der Waals surface area contributed by atoms with Crippen LogP contribution < -0.4 is 10.6 Å². The van der Waals surface area contributed by atoms with Crippen molar-refractivity contribution in [2.45, 2.75) is 39.8 Å². The van der Waals surface area contributed by atoms with E-state index in [1.54, 1.807) is 11.3 Å². The summed E-state index contributed by atoms with van der Waals surface area (Å²) in [4.78, 5) is 9.28. The third-order valence-electron chi connectivity index (χ3n) is 2.81. The normalized spacial score (nSPS) is 11.7. The van der Waals surface area contributed by atoms with Crippen LogP contribution in [0.1, 0.15) is 33.4 Å². The van der Waals surface area contributed by atoms with Crippen molar-refractivity contribution in [2.24, 2.45) is 4.99 Å². The largest absolute Gasteiger partial charge is 0.357 e. The van der Waals surface area contributed by atoms with Crippen molar-refractivity contribution in [2.75, 3.05) is 6.54 Å². The average Bonchev–Trinajstić information content (AvgIpc) is 2.93. The summed E-state index contributed by atoms with van der Waals surface area (Å²) in [6.45, 7) is 9.85. The molecule has 126 valence electrons. The summed E-state index contributed by atoms with van der Waals surface area (Å²) in [5.41, 5.74) is 2.13. The van der Waals surface area contributed by atoms with Gasteiger partial charge in [-0.15, -0.1) is 35.3 Å². The second-order valence-electron chi connectivity index (χ2n) is 6.08. The quantitative estimate of drug-likeness (QED) is 0.421. The zero-order valence-electron chi connectivity index (χ0n) is 14.1. The van der Waals surface area contributed by atoms with Crippen molar-refractivity contribution >= 4 is 41.3 Å². The van der Waals surface area contributed by atoms with E-state index in [9.17, 15) is 0 Å². The lowest BCUT2D eigenvalue weighted by Gasteiger charge is -2.23. The predicted molar refractivity (Wildman–Crippen MR) is 111 cm³/mol. The van der Waals surface area contributed by atoms with Crippen molar-refractivity contribution < 1.29 is 0 Å². The number of aliphatic imine (C=N–C) groups is 1. The average molecular weight is 444 g/mol. The summed E-state index contributed by atoms with van der Waals surface area (Å²) < 4.78 is 0. The molecule has 0 fully saturated rings. The van der Waals surface area contributed by atoms with Gasteiger partial charge >= 0.3 is 0 Å². The number of benzene rings is 1. The molecular formula is C17H25IN4S. The number of nitrogens with zero attached hydrogens (tertiary/aromatic N) is 2. The van der Waals surface area contributed by atoms with Crippen LogP contribution in [-0.4, -0.2) is 23.0 Å². The first-order chi connectivity index (χ1) is 10.5. The minimum Gasteiger partial charge on any atom is -0.357 e. The zero-order chi connectivity index (χ0) is 16.0. The number of aromatic nitrogens is 1. The van der Waals surface area contributed by atoms with E-state index in [1.165, 1.54) is 0 Å². The lowest BCUT2D eigenvalue weighted by Crippen LogP contribution is -2.47. The van der Waals surface area contributed by atoms with Crippen molar-refractivity contribution in [3.05, 3.63) is 41.4 Å². The van der Waals surface area contributed by atoms with E-state index in [-0.39, 0.29) is 29.5 Å². The first kappa shape index (κ1) is 19.9. The monoisotopic (exact) mass is 444 g/mol. The summed E-state index contributed by atoms with van der Waals surface area (Å²) in [6.07, 6.45) is 0. The van der Waals surface area contributed by atoms with Crippen LogP contribution in [0.3, 0.4) is 0 Å². The van der Waals surface area contributed by atoms with Gasteiger partial charge in [-0.2, -0.15) is 0 Å². The minimum atomic E-state index is -0.0156. The highest BCUT2D eigenvalue weighted by Gasteiger charge is 2.12. The molecule has 1 heterocycles. The molecule has 2 N–H and O–H groups in total. The fourth-order valence-corrected chi connectivity index (χ4v) is 2.73. The maximum atomic E-state index is 4.66. The van der Waals surface area contributed by atoms with Crippen molar-refractivity contribution in [3.8, 4) is 10.6 Å². The summed E-state index contributed by atoms with van der Waals surface area (Å²) in [5.74, 6) is 0.823. The summed E-state index contributed by atoms with van der Waals surface area (Å²) >= 11 is 1.66. The number of halogens is 1. The van der Waals surface area contributed by atoms with Gasteiger partial charge in [-0.05, 0) is 27.7 Å². The molecule has 0 aliphatic rings. The number of hydrogen-bond donors (Lipinski definition) is 2. The predicted octanol–water partition coefficient (Wildman–Crippen LogP) is 4.28. The Morgan fingerprint density at radius 3 is 2.52 bits per heavy atom. The first-order valence-electron chi connectivity index (χ1n) is 7.54. The Kier molecular flexibility index (Phi) is 7.98. The lowest BCUT2D eigenvalue weighted by molar-refractivity contribution is 0.501. The molecule has 0 unspecified atom stereocenters. The van der Waals surface area contributed by atoms with E-state index in [4.69, 9.17) is 0 Å². The van der Waals surface area contributed by atoms with Crippen LogP contribution in [0.4, 0.5) is 0 Å². The van der Waals surface area contributed by atoms with Crippen LogP contribution in [0.2, 0.25) is 0 Å². The molecule has 1 aromatic heterocycles. The molecule has 0 bridgehead atoms. The Morgan fingerprint density at radius 1 is 1.22 bits per heavy atom. The van der Waals surface area contributed by atoms with E-state index in [0.29, 0.717) is 6.54 Å². The molecule has 0 spiro atoms. The highest BCUT2D eigenvalue weighted by molar-refractivity contribution is 14.0. The van der Waals surface area contributed by atoms with Gasteiger partial charge in [0.25, 0.3) is 0 Å². The zero-order valence-corrected chi connectivity index (χ0v) is 17.2. The van der Waals surface area contributed by atoms with Gasteiger partial charge in [0.1, 0.15) is 5.01 Å². The second-order valence-corrected chi connectivity index (χ2v) is 6.94. The van der Waals surface area contributed by atoms with Gasteiger partial charge in [-0.1, -0.05) is 30.3 Å². The van der Waals surface area contributed by atoms with Gasteiger partial charge < -0.3 is 10.6 Å². The second kappa shape index (κ2) is 9.22. The Hall–Kier alpha value is -1.15. The number of guanidine groups is 1. The highest BCUT2D eigenvalue weighted by Crippen LogP contribution is 2.23. The van der Waals surface area contributed by atoms with E-state index in [2.05, 4.69) is 65.8 Å². The molecule has 6 heteroatoms. The number of hydrogen-bond acceptors (Lipinski definition) is 3. The smallest absolute Gasteiger partial charge is 0.192 e. The Balaban J connectivity index is 0.00000264. The van der Waals surface area contributed by atoms with E-state index >= 15 is 0 Å². The van der Waals surface area contributed by atoms with E-state index < -0.39 is 0 Å². The molecule has 0 aliphatic heterocycles. The molecule has 0 atom stereocenters. The third kappa shape index (κ3) is 6.87. The maximum absolute atomic E-state index is 4.66. The van der Waals surface area contributed by atoms with Gasteiger partial charge in [0.2, 0.25) is 0 Å². The molecule has 1 aromatic carbocycles. The molecule has 2 aromatic rings. The molecule has 0 saturated carbocycles. The highest BCUT2D eigenvalue weighted by atomic mass is 127. The van der Waals surface area contributed by atoms with Gasteiger partial charge in [-0.3, -0.25) is 0 Å². The Morgan fingerprint density at radius 2 is 1.91 bits per heavy atom. The van der Waals surface area contributed by atoms with Crippen LogP contribution in [-0.2, 0) is 6.54 Å². The Bertz CT molecular complexity index is 617. The van der Waals surface area contributed by atoms with E-state index in [0.717, 1.165) is 28.8 Å². The van der Waals surface area contributed by atoms with Crippen LogP contribution in [0.15, 0.2) is 40.7 Å². The van der Waals surface area contributed by atoms with Crippen molar-refractivity contribution in [3.63, 3.8) is 0 Å². The van der Waals surface area contributed by atoms with Crippen molar-refractivity contribution in [1.82, 2.24) is 15.6 Å². The van der Waals surface area contributed by atoms with Crippen LogP contribution >= 0.6 is 35.3 Å². The summed E-state index contributed by atoms with van der Waals surface area (Å²) in [6, 6.07) is 10.2. The summed E-state index contributed by atoms with van der Waals surface area (Å²) in [5, 5.41) is 9.76. The number of thiazole rings is 1. The van der Waals surface area contributed by atoms with Crippen molar-refractivity contribution in [1.29, 1.82) is 0 Å². The molecule has 0 radical (unpaired) electrons. The molecule has 4 nitrogen and oxygen atoms in total. The minimum absolute atomic E-state index is 0. The van der Waals surface area contributed by atoms with Crippen LogP contribution in [0, 0.1) is 0 Å². The SMILES string of the molecule is CCNC(=NCc1csc(-c2ccccc2)n1)NC(C)(C)C.I. The molecule has 2 rings (SSSR count). The molecule has 0 aliphatic carbocycles. The van der Waals surface area contributed by atoms with E-state index in [1.807, 2.05) is 18.2 Å². The molecular weight excluding hydrogens is 419 g/mol. The molecule has 0 saturated heterocycles. The first-order valence-corrected chi connectivity index (χ1v) is 8.42. The Labute approximate surface area is 159 Å². The fourth-order valence-electron chi connectivity index (χ4n) is 1.92. The molecule has 0 amide bonds. The standard InChI is InChI=1S/C17H24N4S.HI/c1-5-18-16(21-17(2,3)4)19-11-14-12-22-15(20-14)13-9-7-6-8-10-13;/h6-10,12H,5,11H2,1-4H3,(H2,18,19,21);1H. The van der Waals surface area contributed by atoms with Gasteiger partial charge in [0, 0.05) is 23.0 Å². The third-order valence-corrected chi connectivity index (χ3v) is 3.75. The lowest BCUT2D eigenvalue weighted by atomic mass is 10.1. The van der Waals surface area contributed by atoms with Crippen LogP contribution in [0.25, 0.3) is 10.6 Å². The van der Waals surface area contributed by atoms with Gasteiger partial charge in [0.15, 0.2) is 5.96 Å².